The zero-order valence-electron chi connectivity index (χ0n) is 9.48. The first-order valence-electron chi connectivity index (χ1n) is 5.52. The summed E-state index contributed by atoms with van der Waals surface area (Å²) >= 11 is 3.34. The summed E-state index contributed by atoms with van der Waals surface area (Å²) < 4.78 is 6.00. The number of unbranched alkanes of at least 4 members (excludes halogenated alkanes) is 1. The van der Waals surface area contributed by atoms with Gasteiger partial charge in [-0.05, 0) is 24.6 Å². The first-order valence-corrected chi connectivity index (χ1v) is 6.31. The molecule has 5 heteroatoms. The quantitative estimate of drug-likeness (QED) is 0.937. The minimum Gasteiger partial charge on any atom is -0.507 e. The molecule has 0 aliphatic rings. The molecule has 2 aromatic rings. The van der Waals surface area contributed by atoms with Gasteiger partial charge in [0, 0.05) is 10.9 Å². The van der Waals surface area contributed by atoms with Gasteiger partial charge in [0.15, 0.2) is 5.82 Å². The number of aromatic hydroxyl groups is 1. The van der Waals surface area contributed by atoms with Crippen molar-refractivity contribution in [2.45, 2.75) is 26.2 Å². The number of hydrogen-bond acceptors (Lipinski definition) is 4. The lowest BCUT2D eigenvalue weighted by atomic mass is 10.2. The topological polar surface area (TPSA) is 59.2 Å². The van der Waals surface area contributed by atoms with Crippen LogP contribution >= 0.6 is 15.9 Å². The Hall–Kier alpha value is -1.36. The van der Waals surface area contributed by atoms with Crippen LogP contribution in [-0.2, 0) is 6.42 Å². The highest BCUT2D eigenvalue weighted by Gasteiger charge is 2.12. The van der Waals surface area contributed by atoms with Crippen molar-refractivity contribution in [2.75, 3.05) is 0 Å². The third-order valence-corrected chi connectivity index (χ3v) is 2.90. The van der Waals surface area contributed by atoms with Gasteiger partial charge < -0.3 is 9.63 Å². The number of aryl methyl sites for hydroxylation is 1. The molecular weight excluding hydrogens is 284 g/mol. The normalized spacial score (nSPS) is 10.7. The lowest BCUT2D eigenvalue weighted by Crippen LogP contribution is -1.87. The summed E-state index contributed by atoms with van der Waals surface area (Å²) in [7, 11) is 0. The van der Waals surface area contributed by atoms with E-state index in [2.05, 4.69) is 33.0 Å². The second-order valence-corrected chi connectivity index (χ2v) is 4.70. The Morgan fingerprint density at radius 1 is 1.41 bits per heavy atom. The van der Waals surface area contributed by atoms with Crippen molar-refractivity contribution in [1.82, 2.24) is 10.1 Å². The maximum absolute atomic E-state index is 9.73. The predicted octanol–water partition coefficient (Wildman–Crippen LogP) is 3.55. The van der Waals surface area contributed by atoms with E-state index in [0.717, 1.165) is 23.7 Å². The summed E-state index contributed by atoms with van der Waals surface area (Å²) in [4.78, 5) is 4.26. The maximum atomic E-state index is 9.73. The number of benzene rings is 1. The fourth-order valence-corrected chi connectivity index (χ4v) is 1.84. The van der Waals surface area contributed by atoms with Crippen molar-refractivity contribution < 1.29 is 9.63 Å². The molecule has 0 amide bonds. The van der Waals surface area contributed by atoms with Crippen LogP contribution in [0.4, 0.5) is 0 Å². The molecule has 1 aromatic heterocycles. The predicted molar refractivity (Wildman–Crippen MR) is 67.7 cm³/mol. The highest BCUT2D eigenvalue weighted by Crippen LogP contribution is 2.30. The third-order valence-electron chi connectivity index (χ3n) is 2.41. The van der Waals surface area contributed by atoms with Crippen LogP contribution in [0.2, 0.25) is 0 Å². The number of hydrogen-bond donors (Lipinski definition) is 1. The molecule has 0 unspecified atom stereocenters. The number of phenolic OH excluding ortho intramolecular Hbond substituents is 1. The number of aromatic nitrogens is 2. The Labute approximate surface area is 108 Å². The molecule has 4 nitrogen and oxygen atoms in total. The summed E-state index contributed by atoms with van der Waals surface area (Å²) in [6.45, 7) is 2.11. The Morgan fingerprint density at radius 3 is 3.00 bits per heavy atom. The van der Waals surface area contributed by atoms with Gasteiger partial charge >= 0.3 is 0 Å². The Balaban J connectivity index is 2.27. The Kier molecular flexibility index (Phi) is 3.78. The molecule has 1 aromatic carbocycles. The van der Waals surface area contributed by atoms with Crippen molar-refractivity contribution in [2.24, 2.45) is 0 Å². The van der Waals surface area contributed by atoms with E-state index in [1.54, 1.807) is 18.2 Å². The van der Waals surface area contributed by atoms with Crippen molar-refractivity contribution in [3.8, 4) is 17.2 Å². The summed E-state index contributed by atoms with van der Waals surface area (Å²) in [6, 6.07) is 5.11. The second kappa shape index (κ2) is 5.31. The fraction of sp³-hybridized carbons (Fsp3) is 0.333. The van der Waals surface area contributed by atoms with Gasteiger partial charge in [-0.1, -0.05) is 34.4 Å². The summed E-state index contributed by atoms with van der Waals surface area (Å²) in [5.74, 6) is 1.18. The summed E-state index contributed by atoms with van der Waals surface area (Å²) in [6.07, 6.45) is 2.92. The lowest BCUT2D eigenvalue weighted by Gasteiger charge is -1.99. The van der Waals surface area contributed by atoms with E-state index in [4.69, 9.17) is 4.52 Å². The van der Waals surface area contributed by atoms with Crippen LogP contribution in [0.25, 0.3) is 11.5 Å². The molecule has 1 heterocycles. The van der Waals surface area contributed by atoms with Crippen LogP contribution in [0.5, 0.6) is 5.75 Å². The van der Waals surface area contributed by atoms with E-state index in [9.17, 15) is 5.11 Å². The monoisotopic (exact) mass is 296 g/mol. The molecule has 0 atom stereocenters. The second-order valence-electron chi connectivity index (χ2n) is 3.78. The van der Waals surface area contributed by atoms with Crippen molar-refractivity contribution in [1.29, 1.82) is 0 Å². The standard InChI is InChI=1S/C12H13BrN2O2/c1-2-3-4-11-14-12(17-15-11)9-7-8(13)5-6-10(9)16/h5-7,16H,2-4H2,1H3. The summed E-state index contributed by atoms with van der Waals surface area (Å²) in [5, 5.41) is 13.6. The molecule has 0 radical (unpaired) electrons. The zero-order valence-corrected chi connectivity index (χ0v) is 11.1. The van der Waals surface area contributed by atoms with Crippen molar-refractivity contribution >= 4 is 15.9 Å². The average molecular weight is 297 g/mol. The molecule has 0 spiro atoms. The van der Waals surface area contributed by atoms with Crippen LogP contribution in [0.3, 0.4) is 0 Å². The van der Waals surface area contributed by atoms with Crippen LogP contribution in [0, 0.1) is 0 Å². The van der Waals surface area contributed by atoms with Gasteiger partial charge in [0.05, 0.1) is 5.56 Å². The molecule has 0 saturated carbocycles. The van der Waals surface area contributed by atoms with Gasteiger partial charge in [0.1, 0.15) is 5.75 Å². The van der Waals surface area contributed by atoms with E-state index in [1.165, 1.54) is 0 Å². The Morgan fingerprint density at radius 2 is 2.24 bits per heavy atom. The third kappa shape index (κ3) is 2.85. The number of halogens is 1. The SMILES string of the molecule is CCCCc1noc(-c2cc(Br)ccc2O)n1. The molecule has 17 heavy (non-hydrogen) atoms. The molecule has 2 rings (SSSR count). The van der Waals surface area contributed by atoms with Gasteiger partial charge in [0.2, 0.25) is 0 Å². The van der Waals surface area contributed by atoms with Gasteiger partial charge in [0.25, 0.3) is 5.89 Å². The van der Waals surface area contributed by atoms with Crippen LogP contribution in [0.1, 0.15) is 25.6 Å². The highest BCUT2D eigenvalue weighted by molar-refractivity contribution is 9.10. The van der Waals surface area contributed by atoms with Gasteiger partial charge in [-0.25, -0.2) is 0 Å². The largest absolute Gasteiger partial charge is 0.507 e. The number of rotatable bonds is 4. The van der Waals surface area contributed by atoms with Gasteiger partial charge in [-0.2, -0.15) is 4.98 Å². The number of nitrogens with zero attached hydrogens (tertiary/aromatic N) is 2. The summed E-state index contributed by atoms with van der Waals surface area (Å²) in [5.41, 5.74) is 0.551. The van der Waals surface area contributed by atoms with E-state index in [1.807, 2.05) is 0 Å². The molecule has 0 saturated heterocycles. The fourth-order valence-electron chi connectivity index (χ4n) is 1.48. The van der Waals surface area contributed by atoms with Crippen LogP contribution < -0.4 is 0 Å². The molecule has 1 N–H and O–H groups in total. The van der Waals surface area contributed by atoms with Gasteiger partial charge in [-0.3, -0.25) is 0 Å². The lowest BCUT2D eigenvalue weighted by molar-refractivity contribution is 0.416. The molecule has 0 aliphatic heterocycles. The maximum Gasteiger partial charge on any atom is 0.261 e. The molecule has 0 bridgehead atoms. The molecular formula is C12H13BrN2O2. The zero-order chi connectivity index (χ0) is 12.3. The van der Waals surface area contributed by atoms with E-state index in [-0.39, 0.29) is 5.75 Å². The molecule has 0 aliphatic carbocycles. The minimum atomic E-state index is 0.138. The molecule has 90 valence electrons. The Bertz CT molecular complexity index is 511. The van der Waals surface area contributed by atoms with Crippen LogP contribution in [-0.4, -0.2) is 15.2 Å². The van der Waals surface area contributed by atoms with E-state index < -0.39 is 0 Å². The van der Waals surface area contributed by atoms with Crippen molar-refractivity contribution in [3.05, 3.63) is 28.5 Å². The average Bonchev–Trinajstić information content (AvgIpc) is 2.78. The van der Waals surface area contributed by atoms with E-state index in [0.29, 0.717) is 17.3 Å². The number of phenols is 1. The van der Waals surface area contributed by atoms with E-state index >= 15 is 0 Å². The van der Waals surface area contributed by atoms with Crippen LogP contribution in [0.15, 0.2) is 27.2 Å². The minimum absolute atomic E-state index is 0.138. The first-order chi connectivity index (χ1) is 8.20. The first kappa shape index (κ1) is 12.1. The van der Waals surface area contributed by atoms with Crippen molar-refractivity contribution in [3.63, 3.8) is 0 Å². The smallest absolute Gasteiger partial charge is 0.261 e. The van der Waals surface area contributed by atoms with Gasteiger partial charge in [-0.15, -0.1) is 0 Å². The molecule has 0 fully saturated rings. The highest BCUT2D eigenvalue weighted by atomic mass is 79.9.